The molecule has 0 amide bonds. The van der Waals surface area contributed by atoms with Crippen LogP contribution in [0, 0.1) is 6.92 Å². The molecule has 0 heterocycles. The van der Waals surface area contributed by atoms with Crippen LogP contribution in [0.2, 0.25) is 0 Å². The van der Waals surface area contributed by atoms with E-state index in [9.17, 15) is 9.59 Å². The second-order valence-corrected chi connectivity index (χ2v) is 3.36. The highest BCUT2D eigenvalue weighted by Crippen LogP contribution is 2.25. The van der Waals surface area contributed by atoms with E-state index in [0.717, 1.165) is 0 Å². The Balaban J connectivity index is 3.43. The minimum absolute atomic E-state index is 0.139. The quantitative estimate of drug-likeness (QED) is 0.579. The number of Topliss-reactive ketones (excluding diaryl/α,β-unsaturated/α-hetero) is 1. The smallest absolute Gasteiger partial charge is 0.338 e. The summed E-state index contributed by atoms with van der Waals surface area (Å²) in [7, 11) is 2.79. The van der Waals surface area contributed by atoms with E-state index in [-0.39, 0.29) is 5.78 Å². The lowest BCUT2D eigenvalue weighted by atomic mass is 9.99. The highest BCUT2D eigenvalue weighted by atomic mass is 16.5. The van der Waals surface area contributed by atoms with Crippen LogP contribution in [-0.4, -0.2) is 26.0 Å². The van der Waals surface area contributed by atoms with Gasteiger partial charge in [0, 0.05) is 0 Å². The first-order chi connectivity index (χ1) is 7.52. The van der Waals surface area contributed by atoms with Gasteiger partial charge in [-0.15, -0.1) is 0 Å². The highest BCUT2D eigenvalue weighted by molar-refractivity contribution is 6.02. The van der Waals surface area contributed by atoms with Crippen LogP contribution in [0.1, 0.15) is 33.2 Å². The normalized spacial score (nSPS) is 9.75. The number of benzene rings is 1. The Labute approximate surface area is 94.2 Å². The Morgan fingerprint density at radius 3 is 2.25 bits per heavy atom. The molecule has 1 aromatic carbocycles. The number of esters is 1. The SMILES string of the molecule is COC(=O)c1ccc(OC)c(C(C)=O)c1C. The molecule has 0 unspecified atom stereocenters. The lowest BCUT2D eigenvalue weighted by molar-refractivity contribution is 0.0600. The molecule has 0 bridgehead atoms. The molecule has 4 nitrogen and oxygen atoms in total. The topological polar surface area (TPSA) is 52.6 Å². The molecule has 86 valence electrons. The molecule has 1 rings (SSSR count). The highest BCUT2D eigenvalue weighted by Gasteiger charge is 2.18. The van der Waals surface area contributed by atoms with Crippen LogP contribution in [-0.2, 0) is 4.74 Å². The van der Waals surface area contributed by atoms with Crippen molar-refractivity contribution in [3.05, 3.63) is 28.8 Å². The lowest BCUT2D eigenvalue weighted by Crippen LogP contribution is -2.09. The zero-order valence-corrected chi connectivity index (χ0v) is 9.79. The molecule has 0 saturated heterocycles. The zero-order valence-electron chi connectivity index (χ0n) is 9.79. The predicted molar refractivity (Wildman–Crippen MR) is 59.1 cm³/mol. The summed E-state index contributed by atoms with van der Waals surface area (Å²) >= 11 is 0. The van der Waals surface area contributed by atoms with Crippen LogP contribution < -0.4 is 4.74 Å². The Morgan fingerprint density at radius 1 is 1.19 bits per heavy atom. The first-order valence-corrected chi connectivity index (χ1v) is 4.79. The van der Waals surface area contributed by atoms with Crippen molar-refractivity contribution in [3.63, 3.8) is 0 Å². The van der Waals surface area contributed by atoms with Crippen LogP contribution in [0.15, 0.2) is 12.1 Å². The van der Waals surface area contributed by atoms with Gasteiger partial charge in [0.05, 0.1) is 25.3 Å². The number of carbonyl (C=O) groups is 2. The number of hydrogen-bond acceptors (Lipinski definition) is 4. The average Bonchev–Trinajstić information content (AvgIpc) is 2.26. The van der Waals surface area contributed by atoms with Crippen molar-refractivity contribution >= 4 is 11.8 Å². The third kappa shape index (κ3) is 2.05. The molecular formula is C12H14O4. The van der Waals surface area contributed by atoms with Crippen LogP contribution >= 0.6 is 0 Å². The fourth-order valence-corrected chi connectivity index (χ4v) is 1.63. The van der Waals surface area contributed by atoms with E-state index in [0.29, 0.717) is 22.4 Å². The van der Waals surface area contributed by atoms with Crippen LogP contribution in [0.5, 0.6) is 5.75 Å². The summed E-state index contributed by atoms with van der Waals surface area (Å²) < 4.78 is 9.72. The number of hydrogen-bond donors (Lipinski definition) is 0. The molecule has 0 spiro atoms. The minimum Gasteiger partial charge on any atom is -0.496 e. The van der Waals surface area contributed by atoms with Gasteiger partial charge in [0.2, 0.25) is 0 Å². The maximum atomic E-state index is 11.5. The third-order valence-electron chi connectivity index (χ3n) is 2.40. The zero-order chi connectivity index (χ0) is 12.3. The second kappa shape index (κ2) is 4.79. The fourth-order valence-electron chi connectivity index (χ4n) is 1.63. The predicted octanol–water partition coefficient (Wildman–Crippen LogP) is 1.99. The third-order valence-corrected chi connectivity index (χ3v) is 2.40. The van der Waals surface area contributed by atoms with Crippen LogP contribution in [0.25, 0.3) is 0 Å². The van der Waals surface area contributed by atoms with Crippen molar-refractivity contribution < 1.29 is 19.1 Å². The molecule has 0 radical (unpaired) electrons. The van der Waals surface area contributed by atoms with Gasteiger partial charge < -0.3 is 9.47 Å². The molecule has 0 aliphatic rings. The number of ketones is 1. The molecule has 0 saturated carbocycles. The van der Waals surface area contributed by atoms with Gasteiger partial charge in [-0.25, -0.2) is 4.79 Å². The largest absolute Gasteiger partial charge is 0.496 e. The van der Waals surface area contributed by atoms with Crippen molar-refractivity contribution in [1.29, 1.82) is 0 Å². The van der Waals surface area contributed by atoms with Gasteiger partial charge in [0.1, 0.15) is 5.75 Å². The fraction of sp³-hybridized carbons (Fsp3) is 0.333. The summed E-state index contributed by atoms with van der Waals surface area (Å²) in [5.41, 5.74) is 1.39. The number of rotatable bonds is 3. The van der Waals surface area contributed by atoms with Crippen molar-refractivity contribution in [2.24, 2.45) is 0 Å². The van der Waals surface area contributed by atoms with Gasteiger partial charge in [-0.3, -0.25) is 4.79 Å². The second-order valence-electron chi connectivity index (χ2n) is 3.36. The van der Waals surface area contributed by atoms with E-state index >= 15 is 0 Å². The van der Waals surface area contributed by atoms with Gasteiger partial charge in [-0.05, 0) is 31.5 Å². The molecule has 0 fully saturated rings. The molecule has 0 atom stereocenters. The summed E-state index contributed by atoms with van der Waals surface area (Å²) in [6, 6.07) is 3.18. The van der Waals surface area contributed by atoms with Gasteiger partial charge in [-0.1, -0.05) is 0 Å². The van der Waals surface area contributed by atoms with E-state index in [4.69, 9.17) is 4.74 Å². The van der Waals surface area contributed by atoms with E-state index < -0.39 is 5.97 Å². The molecule has 0 N–H and O–H groups in total. The van der Waals surface area contributed by atoms with E-state index in [2.05, 4.69) is 4.74 Å². The van der Waals surface area contributed by atoms with E-state index in [1.807, 2.05) is 0 Å². The van der Waals surface area contributed by atoms with E-state index in [1.54, 1.807) is 19.1 Å². The van der Waals surface area contributed by atoms with Crippen molar-refractivity contribution in [2.45, 2.75) is 13.8 Å². The van der Waals surface area contributed by atoms with Crippen molar-refractivity contribution in [3.8, 4) is 5.75 Å². The van der Waals surface area contributed by atoms with E-state index in [1.165, 1.54) is 21.1 Å². The Bertz CT molecular complexity index is 435. The minimum atomic E-state index is -0.456. The molecule has 16 heavy (non-hydrogen) atoms. The molecular weight excluding hydrogens is 208 g/mol. The average molecular weight is 222 g/mol. The standard InChI is InChI=1S/C12H14O4/c1-7-9(12(14)16-4)5-6-10(15-3)11(7)8(2)13/h5-6H,1-4H3. The Kier molecular flexibility index (Phi) is 3.66. The van der Waals surface area contributed by atoms with Crippen molar-refractivity contribution in [1.82, 2.24) is 0 Å². The molecule has 0 aliphatic heterocycles. The Morgan fingerprint density at radius 2 is 1.81 bits per heavy atom. The van der Waals surface area contributed by atoms with Crippen LogP contribution in [0.4, 0.5) is 0 Å². The van der Waals surface area contributed by atoms with Crippen molar-refractivity contribution in [2.75, 3.05) is 14.2 Å². The Hall–Kier alpha value is -1.84. The van der Waals surface area contributed by atoms with Gasteiger partial charge >= 0.3 is 5.97 Å². The van der Waals surface area contributed by atoms with Crippen LogP contribution in [0.3, 0.4) is 0 Å². The summed E-state index contributed by atoms with van der Waals surface area (Å²) in [5, 5.41) is 0. The lowest BCUT2D eigenvalue weighted by Gasteiger charge is -2.11. The maximum absolute atomic E-state index is 11.5. The summed E-state index contributed by atoms with van der Waals surface area (Å²) in [6.07, 6.45) is 0. The number of ether oxygens (including phenoxy) is 2. The monoisotopic (exact) mass is 222 g/mol. The first-order valence-electron chi connectivity index (χ1n) is 4.79. The van der Waals surface area contributed by atoms with Gasteiger partial charge in [0.25, 0.3) is 0 Å². The first kappa shape index (κ1) is 12.2. The van der Waals surface area contributed by atoms with Gasteiger partial charge in [0.15, 0.2) is 5.78 Å². The van der Waals surface area contributed by atoms with Gasteiger partial charge in [-0.2, -0.15) is 0 Å². The summed E-state index contributed by atoms with van der Waals surface area (Å²) in [5.74, 6) is -0.125. The summed E-state index contributed by atoms with van der Waals surface area (Å²) in [6.45, 7) is 3.14. The molecule has 1 aromatic rings. The summed E-state index contributed by atoms with van der Waals surface area (Å²) in [4.78, 5) is 22.9. The maximum Gasteiger partial charge on any atom is 0.338 e. The molecule has 4 heteroatoms. The number of carbonyl (C=O) groups excluding carboxylic acids is 2. The molecule has 0 aliphatic carbocycles. The molecule has 0 aromatic heterocycles. The number of methoxy groups -OCH3 is 2.